The molecule has 1 aromatic heterocycles. The first kappa shape index (κ1) is 11.4. The number of aromatic nitrogens is 4. The summed E-state index contributed by atoms with van der Waals surface area (Å²) in [5.41, 5.74) is 1.62. The van der Waals surface area contributed by atoms with Crippen molar-refractivity contribution in [1.82, 2.24) is 20.2 Å². The van der Waals surface area contributed by atoms with Gasteiger partial charge in [-0.1, -0.05) is 15.9 Å². The molecule has 0 radical (unpaired) electrons. The number of hydrogen-bond donors (Lipinski definition) is 0. The molecule has 1 heterocycles. The summed E-state index contributed by atoms with van der Waals surface area (Å²) in [6.45, 7) is 0.524. The van der Waals surface area contributed by atoms with E-state index >= 15 is 0 Å². The predicted octanol–water partition coefficient (Wildman–Crippen LogP) is 2.23. The molecule has 1 aromatic carbocycles. The Labute approximate surface area is 113 Å². The highest BCUT2D eigenvalue weighted by atomic mass is 79.9. The van der Waals surface area contributed by atoms with E-state index in [1.54, 1.807) is 10.9 Å². The van der Waals surface area contributed by atoms with Gasteiger partial charge >= 0.3 is 0 Å². The number of benzene rings is 1. The van der Waals surface area contributed by atoms with E-state index in [0.29, 0.717) is 18.0 Å². The molecule has 5 nitrogen and oxygen atoms in total. The molecule has 0 aliphatic heterocycles. The second-order valence-corrected chi connectivity index (χ2v) is 5.22. The molecule has 6 heteroatoms. The Morgan fingerprint density at radius 2 is 2.28 bits per heavy atom. The number of hydrogen-bond acceptors (Lipinski definition) is 4. The van der Waals surface area contributed by atoms with Gasteiger partial charge in [-0.15, -0.1) is 10.2 Å². The monoisotopic (exact) mass is 303 g/mol. The molecule has 0 atom stereocenters. The normalized spacial score (nSPS) is 14.4. The molecule has 1 aliphatic carbocycles. The van der Waals surface area contributed by atoms with E-state index < -0.39 is 0 Å². The molecule has 0 spiro atoms. The Kier molecular flexibility index (Phi) is 2.84. The minimum atomic E-state index is 0.507. The van der Waals surface area contributed by atoms with Gasteiger partial charge in [-0.3, -0.25) is 0 Å². The Hall–Kier alpha value is -1.74. The highest BCUT2D eigenvalue weighted by Crippen LogP contribution is 2.37. The highest BCUT2D eigenvalue weighted by molar-refractivity contribution is 9.10. The van der Waals surface area contributed by atoms with Crippen molar-refractivity contribution in [3.05, 3.63) is 39.6 Å². The molecule has 0 saturated heterocycles. The number of nitriles is 1. The fraction of sp³-hybridized carbons (Fsp3) is 0.333. The molecule has 1 saturated carbocycles. The van der Waals surface area contributed by atoms with Crippen LogP contribution in [-0.2, 0) is 6.54 Å². The van der Waals surface area contributed by atoms with Crippen LogP contribution in [0.15, 0.2) is 22.7 Å². The lowest BCUT2D eigenvalue weighted by Gasteiger charge is -2.03. The van der Waals surface area contributed by atoms with Crippen molar-refractivity contribution in [2.45, 2.75) is 25.3 Å². The summed E-state index contributed by atoms with van der Waals surface area (Å²) in [6.07, 6.45) is 2.33. The number of nitrogens with zero attached hydrogens (tertiary/aromatic N) is 5. The fourth-order valence-corrected chi connectivity index (χ4v) is 2.12. The molecule has 18 heavy (non-hydrogen) atoms. The highest BCUT2D eigenvalue weighted by Gasteiger charge is 2.28. The molecular formula is C12H10BrN5. The predicted molar refractivity (Wildman–Crippen MR) is 67.8 cm³/mol. The second kappa shape index (κ2) is 4.50. The number of rotatable bonds is 3. The van der Waals surface area contributed by atoms with E-state index in [1.165, 1.54) is 12.8 Å². The summed E-state index contributed by atoms with van der Waals surface area (Å²) < 4.78 is 0.951. The lowest BCUT2D eigenvalue weighted by atomic mass is 10.1. The molecule has 1 fully saturated rings. The van der Waals surface area contributed by atoms with E-state index in [4.69, 9.17) is 5.26 Å². The van der Waals surface area contributed by atoms with Crippen LogP contribution in [-0.4, -0.2) is 20.2 Å². The first-order chi connectivity index (χ1) is 8.76. The van der Waals surface area contributed by atoms with Crippen LogP contribution in [0, 0.1) is 11.3 Å². The van der Waals surface area contributed by atoms with Gasteiger partial charge in [0.25, 0.3) is 0 Å². The van der Waals surface area contributed by atoms with Crippen LogP contribution >= 0.6 is 15.9 Å². The Bertz CT molecular complexity index is 624. The molecule has 0 N–H and O–H groups in total. The third kappa shape index (κ3) is 2.27. The number of halogens is 1. The van der Waals surface area contributed by atoms with E-state index in [0.717, 1.165) is 15.9 Å². The van der Waals surface area contributed by atoms with Gasteiger partial charge in [-0.05, 0) is 41.8 Å². The fourth-order valence-electron chi connectivity index (χ4n) is 1.75. The second-order valence-electron chi connectivity index (χ2n) is 4.37. The van der Waals surface area contributed by atoms with E-state index in [-0.39, 0.29) is 0 Å². The third-order valence-corrected chi connectivity index (χ3v) is 3.67. The smallest absolute Gasteiger partial charge is 0.177 e. The van der Waals surface area contributed by atoms with Crippen molar-refractivity contribution in [1.29, 1.82) is 5.26 Å². The molecule has 90 valence electrons. The van der Waals surface area contributed by atoms with Gasteiger partial charge < -0.3 is 0 Å². The van der Waals surface area contributed by atoms with Crippen LogP contribution in [0.25, 0.3) is 0 Å². The van der Waals surface area contributed by atoms with Crippen LogP contribution in [0.2, 0.25) is 0 Å². The Morgan fingerprint density at radius 1 is 1.44 bits per heavy atom. The molecule has 2 aromatic rings. The standard InChI is InChI=1S/C12H10BrN5/c13-11-4-1-8(6-14)5-10(11)7-18-16-12(15-17-18)9-2-3-9/h1,4-5,9H,2-3,7H2. The summed E-state index contributed by atoms with van der Waals surface area (Å²) in [7, 11) is 0. The van der Waals surface area contributed by atoms with Crippen molar-refractivity contribution in [3.63, 3.8) is 0 Å². The average molecular weight is 304 g/mol. The van der Waals surface area contributed by atoms with Gasteiger partial charge in [0.1, 0.15) is 0 Å². The molecular weight excluding hydrogens is 294 g/mol. The van der Waals surface area contributed by atoms with Gasteiger partial charge in [-0.25, -0.2) is 0 Å². The first-order valence-electron chi connectivity index (χ1n) is 5.72. The first-order valence-corrected chi connectivity index (χ1v) is 6.52. The average Bonchev–Trinajstić information content (AvgIpc) is 3.13. The zero-order valence-electron chi connectivity index (χ0n) is 9.54. The molecule has 3 rings (SSSR count). The largest absolute Gasteiger partial charge is 0.192 e. The van der Waals surface area contributed by atoms with Crippen molar-refractivity contribution in [2.24, 2.45) is 0 Å². The topological polar surface area (TPSA) is 67.4 Å². The quantitative estimate of drug-likeness (QED) is 0.872. The molecule has 1 aliphatic rings. The summed E-state index contributed by atoms with van der Waals surface area (Å²) in [6, 6.07) is 7.61. The van der Waals surface area contributed by atoms with Crippen molar-refractivity contribution in [3.8, 4) is 6.07 Å². The zero-order valence-corrected chi connectivity index (χ0v) is 11.1. The maximum Gasteiger partial charge on any atom is 0.177 e. The maximum absolute atomic E-state index is 8.89. The van der Waals surface area contributed by atoms with Crippen LogP contribution in [0.5, 0.6) is 0 Å². The zero-order chi connectivity index (χ0) is 12.5. The molecule has 0 unspecified atom stereocenters. The van der Waals surface area contributed by atoms with Crippen LogP contribution in [0.4, 0.5) is 0 Å². The van der Waals surface area contributed by atoms with E-state index in [1.807, 2.05) is 12.1 Å². The van der Waals surface area contributed by atoms with Crippen LogP contribution in [0.1, 0.15) is 35.7 Å². The van der Waals surface area contributed by atoms with Gasteiger partial charge in [0.2, 0.25) is 0 Å². The van der Waals surface area contributed by atoms with Gasteiger partial charge in [-0.2, -0.15) is 10.1 Å². The number of tetrazole rings is 1. The lowest BCUT2D eigenvalue weighted by molar-refractivity contribution is 0.569. The van der Waals surface area contributed by atoms with Gasteiger partial charge in [0.05, 0.1) is 18.2 Å². The van der Waals surface area contributed by atoms with Crippen molar-refractivity contribution in [2.75, 3.05) is 0 Å². The molecule has 0 bridgehead atoms. The van der Waals surface area contributed by atoms with Gasteiger partial charge in [0, 0.05) is 10.4 Å². The maximum atomic E-state index is 8.89. The summed E-state index contributed by atoms with van der Waals surface area (Å²) in [5, 5.41) is 21.3. The minimum Gasteiger partial charge on any atom is -0.192 e. The third-order valence-electron chi connectivity index (χ3n) is 2.90. The van der Waals surface area contributed by atoms with Crippen LogP contribution in [0.3, 0.4) is 0 Å². The van der Waals surface area contributed by atoms with E-state index in [2.05, 4.69) is 37.4 Å². The lowest BCUT2D eigenvalue weighted by Crippen LogP contribution is -2.05. The Morgan fingerprint density at radius 3 is 3.00 bits per heavy atom. The Balaban J connectivity index is 1.84. The van der Waals surface area contributed by atoms with E-state index in [9.17, 15) is 0 Å². The summed E-state index contributed by atoms with van der Waals surface area (Å²) >= 11 is 3.47. The van der Waals surface area contributed by atoms with Crippen LogP contribution < -0.4 is 0 Å². The SMILES string of the molecule is N#Cc1ccc(Br)c(Cn2nnc(C3CC3)n2)c1. The summed E-state index contributed by atoms with van der Waals surface area (Å²) in [5.74, 6) is 1.34. The van der Waals surface area contributed by atoms with Gasteiger partial charge in [0.15, 0.2) is 5.82 Å². The van der Waals surface area contributed by atoms with Crippen molar-refractivity contribution >= 4 is 15.9 Å². The minimum absolute atomic E-state index is 0.507. The molecule has 0 amide bonds. The van der Waals surface area contributed by atoms with Crippen molar-refractivity contribution < 1.29 is 0 Å². The summed E-state index contributed by atoms with van der Waals surface area (Å²) in [4.78, 5) is 1.58.